The van der Waals surface area contributed by atoms with Gasteiger partial charge in [0, 0.05) is 0 Å². The number of nitrogens with one attached hydrogen (secondary N) is 1. The SMILES string of the molecule is C=C(NC(=O)CN1CCCC1)C(=CC)OC. The minimum atomic E-state index is -0.0247. The fourth-order valence-corrected chi connectivity index (χ4v) is 1.83. The molecule has 0 aromatic carbocycles. The number of amides is 1. The third kappa shape index (κ3) is 3.70. The van der Waals surface area contributed by atoms with Crippen LogP contribution < -0.4 is 5.32 Å². The van der Waals surface area contributed by atoms with E-state index in [2.05, 4.69) is 16.8 Å². The van der Waals surface area contributed by atoms with Gasteiger partial charge in [0.25, 0.3) is 0 Å². The zero-order chi connectivity index (χ0) is 12.0. The number of ether oxygens (including phenoxy) is 1. The highest BCUT2D eigenvalue weighted by molar-refractivity contribution is 5.80. The normalized spacial score (nSPS) is 17.2. The third-order valence-corrected chi connectivity index (χ3v) is 2.64. The van der Waals surface area contributed by atoms with Crippen LogP contribution in [0.4, 0.5) is 0 Å². The quantitative estimate of drug-likeness (QED) is 0.564. The largest absolute Gasteiger partial charge is 0.495 e. The molecule has 90 valence electrons. The van der Waals surface area contributed by atoms with E-state index in [1.165, 1.54) is 12.8 Å². The third-order valence-electron chi connectivity index (χ3n) is 2.64. The Labute approximate surface area is 97.0 Å². The molecule has 0 atom stereocenters. The Bertz CT molecular complexity index is 291. The topological polar surface area (TPSA) is 41.6 Å². The summed E-state index contributed by atoms with van der Waals surface area (Å²) < 4.78 is 5.07. The van der Waals surface area contributed by atoms with Gasteiger partial charge in [0.05, 0.1) is 19.4 Å². The lowest BCUT2D eigenvalue weighted by molar-refractivity contribution is -0.121. The van der Waals surface area contributed by atoms with Crippen molar-refractivity contribution in [1.29, 1.82) is 0 Å². The van der Waals surface area contributed by atoms with Crippen LogP contribution in [0.1, 0.15) is 19.8 Å². The number of rotatable bonds is 5. The monoisotopic (exact) mass is 224 g/mol. The minimum absolute atomic E-state index is 0.0247. The molecule has 1 fully saturated rings. The van der Waals surface area contributed by atoms with Gasteiger partial charge >= 0.3 is 0 Å². The van der Waals surface area contributed by atoms with Crippen molar-refractivity contribution in [2.45, 2.75) is 19.8 Å². The maximum atomic E-state index is 11.6. The first-order valence-corrected chi connectivity index (χ1v) is 5.59. The molecule has 1 aliphatic rings. The van der Waals surface area contributed by atoms with Crippen molar-refractivity contribution in [3.63, 3.8) is 0 Å². The number of allylic oxidation sites excluding steroid dienone is 1. The van der Waals surface area contributed by atoms with Crippen molar-refractivity contribution in [2.75, 3.05) is 26.7 Å². The zero-order valence-electron chi connectivity index (χ0n) is 10.1. The van der Waals surface area contributed by atoms with E-state index in [-0.39, 0.29) is 5.91 Å². The number of methoxy groups -OCH3 is 1. The lowest BCUT2D eigenvalue weighted by Crippen LogP contribution is -2.35. The molecule has 0 aromatic rings. The molecule has 16 heavy (non-hydrogen) atoms. The molecule has 1 heterocycles. The second-order valence-electron chi connectivity index (χ2n) is 3.87. The standard InChI is InChI=1S/C12H20N2O2/c1-4-11(16-3)10(2)13-12(15)9-14-7-5-6-8-14/h4H,2,5-9H2,1,3H3,(H,13,15). The van der Waals surface area contributed by atoms with Crippen LogP contribution in [-0.2, 0) is 9.53 Å². The van der Waals surface area contributed by atoms with E-state index in [0.29, 0.717) is 18.0 Å². The summed E-state index contributed by atoms with van der Waals surface area (Å²) >= 11 is 0. The molecule has 1 aliphatic heterocycles. The van der Waals surface area contributed by atoms with Gasteiger partial charge in [-0.3, -0.25) is 9.69 Å². The molecular weight excluding hydrogens is 204 g/mol. The van der Waals surface area contributed by atoms with E-state index >= 15 is 0 Å². The summed E-state index contributed by atoms with van der Waals surface area (Å²) in [7, 11) is 1.56. The fraction of sp³-hybridized carbons (Fsp3) is 0.583. The smallest absolute Gasteiger partial charge is 0.238 e. The molecule has 0 aliphatic carbocycles. The summed E-state index contributed by atoms with van der Waals surface area (Å²) in [5, 5.41) is 2.74. The van der Waals surface area contributed by atoms with Gasteiger partial charge in [0.15, 0.2) is 0 Å². The Hall–Kier alpha value is -1.29. The predicted octanol–water partition coefficient (Wildman–Crippen LogP) is 1.26. The number of hydrogen-bond donors (Lipinski definition) is 1. The second kappa shape index (κ2) is 6.33. The van der Waals surface area contributed by atoms with E-state index in [4.69, 9.17) is 4.74 Å². The fourth-order valence-electron chi connectivity index (χ4n) is 1.83. The first-order valence-electron chi connectivity index (χ1n) is 5.59. The number of nitrogens with zero attached hydrogens (tertiary/aromatic N) is 1. The summed E-state index contributed by atoms with van der Waals surface area (Å²) in [4.78, 5) is 13.8. The molecule has 0 aromatic heterocycles. The van der Waals surface area contributed by atoms with Gasteiger partial charge in [0.1, 0.15) is 5.76 Å². The molecule has 1 N–H and O–H groups in total. The van der Waals surface area contributed by atoms with Gasteiger partial charge in [0.2, 0.25) is 5.91 Å². The van der Waals surface area contributed by atoms with Crippen molar-refractivity contribution in [2.24, 2.45) is 0 Å². The van der Waals surface area contributed by atoms with E-state index in [1.807, 2.05) is 6.92 Å². The number of likely N-dealkylation sites (tertiary alicyclic amines) is 1. The van der Waals surface area contributed by atoms with Crippen molar-refractivity contribution in [3.05, 3.63) is 24.1 Å². The molecule has 4 nitrogen and oxygen atoms in total. The van der Waals surface area contributed by atoms with Crippen LogP contribution in [0.25, 0.3) is 0 Å². The van der Waals surface area contributed by atoms with Gasteiger partial charge < -0.3 is 10.1 Å². The van der Waals surface area contributed by atoms with Crippen molar-refractivity contribution in [3.8, 4) is 0 Å². The Balaban J connectivity index is 2.35. The lowest BCUT2D eigenvalue weighted by atomic mass is 10.3. The Kier molecular flexibility index (Phi) is 5.05. The van der Waals surface area contributed by atoms with Crippen molar-refractivity contribution < 1.29 is 9.53 Å². The van der Waals surface area contributed by atoms with Crippen LogP contribution in [0.2, 0.25) is 0 Å². The van der Waals surface area contributed by atoms with Gasteiger partial charge in [-0.1, -0.05) is 6.58 Å². The van der Waals surface area contributed by atoms with E-state index in [9.17, 15) is 4.79 Å². The molecule has 1 rings (SSSR count). The summed E-state index contributed by atoms with van der Waals surface area (Å²) in [6.07, 6.45) is 4.15. The molecule has 0 radical (unpaired) electrons. The Morgan fingerprint density at radius 1 is 1.50 bits per heavy atom. The number of carbonyl (C=O) groups excluding carboxylic acids is 1. The summed E-state index contributed by atoms with van der Waals surface area (Å²) in [6, 6.07) is 0. The first kappa shape index (κ1) is 12.8. The summed E-state index contributed by atoms with van der Waals surface area (Å²) in [5.74, 6) is 0.582. The highest BCUT2D eigenvalue weighted by Crippen LogP contribution is 2.07. The average molecular weight is 224 g/mol. The van der Waals surface area contributed by atoms with E-state index in [0.717, 1.165) is 13.1 Å². The number of carbonyl (C=O) groups is 1. The predicted molar refractivity (Wildman–Crippen MR) is 63.7 cm³/mol. The van der Waals surface area contributed by atoms with Gasteiger partial charge in [-0.05, 0) is 38.9 Å². The second-order valence-corrected chi connectivity index (χ2v) is 3.87. The summed E-state index contributed by atoms with van der Waals surface area (Å²) in [6.45, 7) is 8.08. The van der Waals surface area contributed by atoms with Crippen molar-refractivity contribution >= 4 is 5.91 Å². The van der Waals surface area contributed by atoms with Gasteiger partial charge in [-0.25, -0.2) is 0 Å². The lowest BCUT2D eigenvalue weighted by Gasteiger charge is -2.15. The van der Waals surface area contributed by atoms with Crippen LogP contribution in [-0.4, -0.2) is 37.6 Å². The average Bonchev–Trinajstić information content (AvgIpc) is 2.71. The Morgan fingerprint density at radius 3 is 2.62 bits per heavy atom. The van der Waals surface area contributed by atoms with Crippen LogP contribution in [0, 0.1) is 0 Å². The maximum Gasteiger partial charge on any atom is 0.238 e. The molecular formula is C12H20N2O2. The van der Waals surface area contributed by atoms with Crippen LogP contribution in [0.3, 0.4) is 0 Å². The molecule has 0 bridgehead atoms. The van der Waals surface area contributed by atoms with Crippen LogP contribution in [0.5, 0.6) is 0 Å². The Morgan fingerprint density at radius 2 is 2.12 bits per heavy atom. The highest BCUT2D eigenvalue weighted by Gasteiger charge is 2.15. The number of hydrogen-bond acceptors (Lipinski definition) is 3. The van der Waals surface area contributed by atoms with Crippen LogP contribution in [0.15, 0.2) is 24.1 Å². The van der Waals surface area contributed by atoms with Gasteiger partial charge in [-0.15, -0.1) is 0 Å². The zero-order valence-corrected chi connectivity index (χ0v) is 10.1. The molecule has 1 amide bonds. The maximum absolute atomic E-state index is 11.6. The molecule has 4 heteroatoms. The van der Waals surface area contributed by atoms with Gasteiger partial charge in [-0.2, -0.15) is 0 Å². The molecule has 1 saturated heterocycles. The molecule has 0 saturated carbocycles. The summed E-state index contributed by atoms with van der Waals surface area (Å²) in [5.41, 5.74) is 0.522. The molecule has 0 unspecified atom stereocenters. The van der Waals surface area contributed by atoms with E-state index in [1.54, 1.807) is 13.2 Å². The molecule has 0 spiro atoms. The van der Waals surface area contributed by atoms with E-state index < -0.39 is 0 Å². The highest BCUT2D eigenvalue weighted by atomic mass is 16.5. The first-order chi connectivity index (χ1) is 7.67. The minimum Gasteiger partial charge on any atom is -0.495 e. The van der Waals surface area contributed by atoms with Crippen molar-refractivity contribution in [1.82, 2.24) is 10.2 Å². The van der Waals surface area contributed by atoms with Crippen LogP contribution >= 0.6 is 0 Å².